The normalized spacial score (nSPS) is 14.6. The number of aromatic nitrogens is 2. The molecule has 0 aliphatic carbocycles. The van der Waals surface area contributed by atoms with Crippen molar-refractivity contribution >= 4 is 17.4 Å². The number of nitrogens with one attached hydrogen (secondary N) is 1. The predicted molar refractivity (Wildman–Crippen MR) is 107 cm³/mol. The molecule has 0 saturated carbocycles. The van der Waals surface area contributed by atoms with Gasteiger partial charge >= 0.3 is 0 Å². The van der Waals surface area contributed by atoms with E-state index in [1.54, 1.807) is 0 Å². The highest BCUT2D eigenvalue weighted by Crippen LogP contribution is 2.24. The van der Waals surface area contributed by atoms with Crippen LogP contribution in [0.5, 0.6) is 0 Å². The minimum atomic E-state index is -0.977. The zero-order chi connectivity index (χ0) is 20.2. The summed E-state index contributed by atoms with van der Waals surface area (Å²) in [6.45, 7) is 1.35. The fraction of sp³-hybridized carbons (Fsp3) is 0.227. The monoisotopic (exact) mass is 394 g/mol. The van der Waals surface area contributed by atoms with E-state index in [2.05, 4.69) is 20.4 Å². The Hall–Kier alpha value is -3.35. The lowest BCUT2D eigenvalue weighted by Gasteiger charge is -2.31. The molecule has 1 saturated heterocycles. The first-order chi connectivity index (χ1) is 14.1. The summed E-state index contributed by atoms with van der Waals surface area (Å²) in [4.78, 5) is 14.5. The molecular formula is C22H20F2N4O. The van der Waals surface area contributed by atoms with Gasteiger partial charge in [-0.2, -0.15) is 0 Å². The molecule has 0 bridgehead atoms. The number of piperidine rings is 1. The number of amides is 1. The molecule has 1 fully saturated rings. The molecular weight excluding hydrogens is 374 g/mol. The van der Waals surface area contributed by atoms with E-state index in [4.69, 9.17) is 0 Å². The molecule has 0 unspecified atom stereocenters. The van der Waals surface area contributed by atoms with Crippen molar-refractivity contribution in [3.8, 4) is 11.3 Å². The third kappa shape index (κ3) is 4.39. The van der Waals surface area contributed by atoms with E-state index >= 15 is 0 Å². The number of anilines is 2. The SMILES string of the molecule is O=C(Nc1ccc(F)c(F)c1)C1CCN(c2ccc(-c3ccccc3)nn2)CC1. The number of hydrogen-bond donors (Lipinski definition) is 1. The molecule has 1 aromatic heterocycles. The van der Waals surface area contributed by atoms with Gasteiger partial charge in [-0.15, -0.1) is 10.2 Å². The molecule has 1 N–H and O–H groups in total. The quantitative estimate of drug-likeness (QED) is 0.718. The van der Waals surface area contributed by atoms with Gasteiger partial charge in [-0.1, -0.05) is 30.3 Å². The Balaban J connectivity index is 1.34. The minimum absolute atomic E-state index is 0.179. The summed E-state index contributed by atoms with van der Waals surface area (Å²) in [5.74, 6) is -1.49. The predicted octanol–water partition coefficient (Wildman–Crippen LogP) is 4.28. The zero-order valence-corrected chi connectivity index (χ0v) is 15.7. The molecule has 0 spiro atoms. The average molecular weight is 394 g/mol. The number of hydrogen-bond acceptors (Lipinski definition) is 4. The molecule has 0 atom stereocenters. The van der Waals surface area contributed by atoms with Gasteiger partial charge in [0.2, 0.25) is 5.91 Å². The number of benzene rings is 2. The first-order valence-corrected chi connectivity index (χ1v) is 9.50. The maximum Gasteiger partial charge on any atom is 0.227 e. The van der Waals surface area contributed by atoms with Gasteiger partial charge in [-0.3, -0.25) is 4.79 Å². The van der Waals surface area contributed by atoms with Crippen LogP contribution in [-0.4, -0.2) is 29.2 Å². The van der Waals surface area contributed by atoms with Crippen molar-refractivity contribution in [2.24, 2.45) is 5.92 Å². The topological polar surface area (TPSA) is 58.1 Å². The van der Waals surface area contributed by atoms with E-state index in [1.165, 1.54) is 6.07 Å². The van der Waals surface area contributed by atoms with Crippen LogP contribution in [-0.2, 0) is 4.79 Å². The van der Waals surface area contributed by atoms with Crippen LogP contribution in [0.1, 0.15) is 12.8 Å². The van der Waals surface area contributed by atoms with Gasteiger partial charge in [0.15, 0.2) is 17.5 Å². The Morgan fingerprint density at radius 3 is 2.34 bits per heavy atom. The lowest BCUT2D eigenvalue weighted by atomic mass is 9.95. The van der Waals surface area contributed by atoms with E-state index in [-0.39, 0.29) is 17.5 Å². The zero-order valence-electron chi connectivity index (χ0n) is 15.7. The Labute approximate surface area is 167 Å². The largest absolute Gasteiger partial charge is 0.355 e. The average Bonchev–Trinajstić information content (AvgIpc) is 2.77. The van der Waals surface area contributed by atoms with Crippen molar-refractivity contribution in [3.63, 3.8) is 0 Å². The molecule has 1 amide bonds. The highest BCUT2D eigenvalue weighted by Gasteiger charge is 2.26. The van der Waals surface area contributed by atoms with Crippen LogP contribution in [0.2, 0.25) is 0 Å². The molecule has 4 rings (SSSR count). The van der Waals surface area contributed by atoms with Crippen LogP contribution < -0.4 is 10.2 Å². The summed E-state index contributed by atoms with van der Waals surface area (Å²) in [5, 5.41) is 11.3. The lowest BCUT2D eigenvalue weighted by molar-refractivity contribution is -0.120. The summed E-state index contributed by atoms with van der Waals surface area (Å²) in [7, 11) is 0. The Morgan fingerprint density at radius 2 is 1.69 bits per heavy atom. The van der Waals surface area contributed by atoms with E-state index in [0.717, 1.165) is 29.2 Å². The van der Waals surface area contributed by atoms with Crippen LogP contribution in [0.4, 0.5) is 20.3 Å². The van der Waals surface area contributed by atoms with Gasteiger partial charge in [0.25, 0.3) is 0 Å². The number of rotatable bonds is 4. The number of carbonyl (C=O) groups excluding carboxylic acids is 1. The second kappa shape index (κ2) is 8.34. The number of nitrogens with zero attached hydrogens (tertiary/aromatic N) is 3. The second-order valence-corrected chi connectivity index (χ2v) is 7.02. The Kier molecular flexibility index (Phi) is 5.46. The van der Waals surface area contributed by atoms with E-state index < -0.39 is 11.6 Å². The summed E-state index contributed by atoms with van der Waals surface area (Å²) in [6, 6.07) is 17.1. The smallest absolute Gasteiger partial charge is 0.227 e. The van der Waals surface area contributed by atoms with Crippen molar-refractivity contribution in [1.29, 1.82) is 0 Å². The molecule has 1 aliphatic heterocycles. The molecule has 2 heterocycles. The van der Waals surface area contributed by atoms with E-state index in [1.807, 2.05) is 42.5 Å². The highest BCUT2D eigenvalue weighted by atomic mass is 19.2. The molecule has 7 heteroatoms. The van der Waals surface area contributed by atoms with Gasteiger partial charge in [0, 0.05) is 36.3 Å². The van der Waals surface area contributed by atoms with Gasteiger partial charge in [-0.05, 0) is 37.1 Å². The van der Waals surface area contributed by atoms with E-state index in [0.29, 0.717) is 25.9 Å². The molecule has 3 aromatic rings. The summed E-state index contributed by atoms with van der Waals surface area (Å²) in [5.41, 5.74) is 2.09. The summed E-state index contributed by atoms with van der Waals surface area (Å²) >= 11 is 0. The molecule has 2 aromatic carbocycles. The minimum Gasteiger partial charge on any atom is -0.355 e. The Bertz CT molecular complexity index is 987. The van der Waals surface area contributed by atoms with Crippen LogP contribution in [0, 0.1) is 17.6 Å². The Morgan fingerprint density at radius 1 is 0.931 bits per heavy atom. The van der Waals surface area contributed by atoms with Crippen molar-refractivity contribution in [2.45, 2.75) is 12.8 Å². The van der Waals surface area contributed by atoms with Gasteiger partial charge in [0.1, 0.15) is 0 Å². The van der Waals surface area contributed by atoms with Crippen LogP contribution in [0.25, 0.3) is 11.3 Å². The van der Waals surface area contributed by atoms with Crippen molar-refractivity contribution in [3.05, 3.63) is 72.3 Å². The maximum atomic E-state index is 13.3. The van der Waals surface area contributed by atoms with Crippen molar-refractivity contribution in [1.82, 2.24) is 10.2 Å². The standard InChI is InChI=1S/C22H20F2N4O/c23-18-7-6-17(14-19(18)24)25-22(29)16-10-12-28(13-11-16)21-9-8-20(26-27-21)15-4-2-1-3-5-15/h1-9,14,16H,10-13H2,(H,25,29). The van der Waals surface area contributed by atoms with Crippen molar-refractivity contribution < 1.29 is 13.6 Å². The molecule has 148 valence electrons. The first-order valence-electron chi connectivity index (χ1n) is 9.50. The summed E-state index contributed by atoms with van der Waals surface area (Å²) in [6.07, 6.45) is 1.30. The number of halogens is 2. The molecule has 29 heavy (non-hydrogen) atoms. The number of carbonyl (C=O) groups is 1. The fourth-order valence-electron chi connectivity index (χ4n) is 3.45. The fourth-order valence-corrected chi connectivity index (χ4v) is 3.45. The summed E-state index contributed by atoms with van der Waals surface area (Å²) < 4.78 is 26.3. The lowest BCUT2D eigenvalue weighted by Crippen LogP contribution is -2.38. The van der Waals surface area contributed by atoms with Crippen LogP contribution in [0.15, 0.2) is 60.7 Å². The van der Waals surface area contributed by atoms with E-state index in [9.17, 15) is 13.6 Å². The van der Waals surface area contributed by atoms with Gasteiger partial charge in [-0.25, -0.2) is 8.78 Å². The van der Waals surface area contributed by atoms with Crippen LogP contribution in [0.3, 0.4) is 0 Å². The third-order valence-corrected chi connectivity index (χ3v) is 5.10. The van der Waals surface area contributed by atoms with Crippen LogP contribution >= 0.6 is 0 Å². The third-order valence-electron chi connectivity index (χ3n) is 5.10. The van der Waals surface area contributed by atoms with Gasteiger partial charge < -0.3 is 10.2 Å². The molecule has 5 nitrogen and oxygen atoms in total. The molecule has 0 radical (unpaired) electrons. The molecule has 1 aliphatic rings. The highest BCUT2D eigenvalue weighted by molar-refractivity contribution is 5.92. The maximum absolute atomic E-state index is 13.3. The van der Waals surface area contributed by atoms with Crippen molar-refractivity contribution in [2.75, 3.05) is 23.3 Å². The second-order valence-electron chi connectivity index (χ2n) is 7.02. The first kappa shape index (κ1) is 19.0. The van der Waals surface area contributed by atoms with Gasteiger partial charge in [0.05, 0.1) is 5.69 Å².